The minimum atomic E-state index is 0.157. The van der Waals surface area contributed by atoms with Crippen molar-refractivity contribution >= 4 is 13.8 Å². The number of rotatable bonds is 2. The maximum atomic E-state index is 11.3. The van der Waals surface area contributed by atoms with Crippen LogP contribution < -0.4 is 5.23 Å². The Labute approximate surface area is 91.5 Å². The zero-order valence-electron chi connectivity index (χ0n) is 9.34. The summed E-state index contributed by atoms with van der Waals surface area (Å²) in [5, 5.41) is 3.32. The van der Waals surface area contributed by atoms with Crippen LogP contribution in [0.5, 0.6) is 0 Å². The number of carbonyl (C=O) groups excluding carboxylic acids is 1. The molecule has 0 unspecified atom stereocenters. The van der Waals surface area contributed by atoms with E-state index in [0.717, 1.165) is 12.0 Å². The van der Waals surface area contributed by atoms with E-state index in [0.29, 0.717) is 6.04 Å². The number of benzene rings is 1. The summed E-state index contributed by atoms with van der Waals surface area (Å²) in [6.45, 7) is 1.63. The number of hydrogen-bond acceptors (Lipinski definition) is 2. The van der Waals surface area contributed by atoms with Gasteiger partial charge in [0.15, 0.2) is 13.8 Å². The molecule has 78 valence electrons. The maximum absolute atomic E-state index is 11.3. The lowest BCUT2D eigenvalue weighted by Gasteiger charge is -2.25. The van der Waals surface area contributed by atoms with Gasteiger partial charge in [0.2, 0.25) is 0 Å². The number of carbonyl (C=O) groups is 1. The van der Waals surface area contributed by atoms with Gasteiger partial charge in [0.05, 0.1) is 0 Å². The molecule has 0 saturated heterocycles. The molecule has 1 N–H and O–H groups in total. The van der Waals surface area contributed by atoms with Gasteiger partial charge in [0.25, 0.3) is 0 Å². The maximum Gasteiger partial charge on any atom is 0.182 e. The molecule has 0 amide bonds. The molecular weight excluding hydrogens is 185 g/mol. The molecule has 0 aliphatic heterocycles. The molecular formula is C12H16BNO. The van der Waals surface area contributed by atoms with Crippen LogP contribution in [0, 0.1) is 0 Å². The number of Topliss-reactive ketones (excluding diaryl/α,β-unsaturated/α-hetero) is 1. The fourth-order valence-corrected chi connectivity index (χ4v) is 2.33. The van der Waals surface area contributed by atoms with Crippen molar-refractivity contribution in [3.8, 4) is 0 Å². The molecule has 1 aromatic carbocycles. The van der Waals surface area contributed by atoms with Gasteiger partial charge in [0, 0.05) is 11.6 Å². The predicted molar refractivity (Wildman–Crippen MR) is 63.8 cm³/mol. The Bertz CT molecular complexity index is 389. The Morgan fingerprint density at radius 3 is 3.00 bits per heavy atom. The topological polar surface area (TPSA) is 29.1 Å². The summed E-state index contributed by atoms with van der Waals surface area (Å²) in [6.07, 6.45) is 3.51. The van der Waals surface area contributed by atoms with E-state index in [-0.39, 0.29) is 5.78 Å². The highest BCUT2D eigenvalue weighted by Crippen LogP contribution is 2.29. The van der Waals surface area contributed by atoms with E-state index < -0.39 is 0 Å². The van der Waals surface area contributed by atoms with E-state index in [4.69, 9.17) is 0 Å². The first-order chi connectivity index (χ1) is 7.22. The summed E-state index contributed by atoms with van der Waals surface area (Å²) in [6, 6.07) is 6.57. The van der Waals surface area contributed by atoms with E-state index in [9.17, 15) is 4.79 Å². The van der Waals surface area contributed by atoms with Gasteiger partial charge in [-0.1, -0.05) is 12.1 Å². The Balaban J connectivity index is 2.40. The second-order valence-electron chi connectivity index (χ2n) is 4.20. The molecule has 0 bridgehead atoms. The molecule has 2 rings (SSSR count). The molecule has 15 heavy (non-hydrogen) atoms. The molecule has 0 spiro atoms. The van der Waals surface area contributed by atoms with Gasteiger partial charge in [-0.3, -0.25) is 4.79 Å². The van der Waals surface area contributed by atoms with Gasteiger partial charge >= 0.3 is 0 Å². The van der Waals surface area contributed by atoms with Crippen LogP contribution >= 0.6 is 0 Å². The van der Waals surface area contributed by atoms with Crippen molar-refractivity contribution in [1.29, 1.82) is 0 Å². The third kappa shape index (κ3) is 1.97. The molecule has 0 saturated carbocycles. The summed E-state index contributed by atoms with van der Waals surface area (Å²) in [5.41, 5.74) is 3.55. The van der Waals surface area contributed by atoms with E-state index in [1.165, 1.54) is 24.0 Å². The highest BCUT2D eigenvalue weighted by Gasteiger charge is 2.18. The molecule has 0 aromatic heterocycles. The van der Waals surface area contributed by atoms with Gasteiger partial charge in [-0.25, -0.2) is 0 Å². The molecule has 0 heterocycles. The summed E-state index contributed by atoms with van der Waals surface area (Å²) in [7, 11) is 2.00. The average molecular weight is 201 g/mol. The fourth-order valence-electron chi connectivity index (χ4n) is 2.33. The lowest BCUT2D eigenvalue weighted by Crippen LogP contribution is -2.22. The first kappa shape index (κ1) is 10.4. The van der Waals surface area contributed by atoms with Crippen molar-refractivity contribution in [3.05, 3.63) is 34.9 Å². The standard InChI is InChI=1S/C12H16BNO/c1-8(15)9-5-6-11-10(7-9)3-2-4-12(11)14-13/h5-7,12,14H,2-4,13H2,1H3/t12-/m1/s1. The van der Waals surface area contributed by atoms with Crippen molar-refractivity contribution in [1.82, 2.24) is 5.23 Å². The number of ketones is 1. The van der Waals surface area contributed by atoms with Crippen LogP contribution in [0.25, 0.3) is 0 Å². The number of hydrogen-bond donors (Lipinski definition) is 1. The summed E-state index contributed by atoms with van der Waals surface area (Å²) < 4.78 is 0. The van der Waals surface area contributed by atoms with E-state index in [1.54, 1.807) is 6.92 Å². The van der Waals surface area contributed by atoms with E-state index >= 15 is 0 Å². The van der Waals surface area contributed by atoms with Gasteiger partial charge in [-0.05, 0) is 43.4 Å². The van der Waals surface area contributed by atoms with Crippen LogP contribution in [0.4, 0.5) is 0 Å². The average Bonchev–Trinajstić information content (AvgIpc) is 2.27. The van der Waals surface area contributed by atoms with Crippen molar-refractivity contribution in [2.75, 3.05) is 0 Å². The van der Waals surface area contributed by atoms with Crippen LogP contribution in [-0.4, -0.2) is 13.8 Å². The van der Waals surface area contributed by atoms with Crippen LogP contribution in [0.1, 0.15) is 47.3 Å². The zero-order valence-corrected chi connectivity index (χ0v) is 9.34. The minimum absolute atomic E-state index is 0.157. The quantitative estimate of drug-likeness (QED) is 0.578. The predicted octanol–water partition coefficient (Wildman–Crippen LogP) is 1.40. The first-order valence-electron chi connectivity index (χ1n) is 5.53. The summed E-state index contributed by atoms with van der Waals surface area (Å²) in [5.74, 6) is 0.157. The SMILES string of the molecule is BN[C@@H]1CCCc2cc(C(C)=O)ccc21. The smallest absolute Gasteiger partial charge is 0.182 e. The second-order valence-corrected chi connectivity index (χ2v) is 4.20. The first-order valence-corrected chi connectivity index (χ1v) is 5.53. The number of aryl methyl sites for hydroxylation is 1. The molecule has 1 aliphatic carbocycles. The van der Waals surface area contributed by atoms with Crippen LogP contribution in [0.3, 0.4) is 0 Å². The number of fused-ring (bicyclic) bond motifs is 1. The molecule has 1 atom stereocenters. The highest BCUT2D eigenvalue weighted by molar-refractivity contribution is 6.04. The normalized spacial score (nSPS) is 19.7. The van der Waals surface area contributed by atoms with Crippen molar-refractivity contribution in [2.45, 2.75) is 32.2 Å². The minimum Gasteiger partial charge on any atom is -0.356 e. The largest absolute Gasteiger partial charge is 0.356 e. The Morgan fingerprint density at radius 2 is 2.33 bits per heavy atom. The molecule has 0 radical (unpaired) electrons. The fraction of sp³-hybridized carbons (Fsp3) is 0.417. The van der Waals surface area contributed by atoms with Gasteiger partial charge < -0.3 is 5.23 Å². The summed E-state index contributed by atoms with van der Waals surface area (Å²) in [4.78, 5) is 11.3. The van der Waals surface area contributed by atoms with Gasteiger partial charge in [-0.15, -0.1) is 0 Å². The van der Waals surface area contributed by atoms with Crippen molar-refractivity contribution in [3.63, 3.8) is 0 Å². The van der Waals surface area contributed by atoms with E-state index in [2.05, 4.69) is 17.4 Å². The molecule has 3 heteroatoms. The monoisotopic (exact) mass is 201 g/mol. The molecule has 0 fully saturated rings. The zero-order chi connectivity index (χ0) is 10.8. The highest BCUT2D eigenvalue weighted by atomic mass is 16.1. The van der Waals surface area contributed by atoms with Gasteiger partial charge in [0.1, 0.15) is 0 Å². The van der Waals surface area contributed by atoms with Crippen molar-refractivity contribution in [2.24, 2.45) is 0 Å². The third-order valence-electron chi connectivity index (χ3n) is 3.21. The second kappa shape index (κ2) is 4.19. The van der Waals surface area contributed by atoms with E-state index in [1.807, 2.05) is 14.0 Å². The Hall–Kier alpha value is -1.09. The van der Waals surface area contributed by atoms with Crippen LogP contribution in [0.15, 0.2) is 18.2 Å². The molecule has 1 aromatic rings. The third-order valence-corrected chi connectivity index (χ3v) is 3.21. The van der Waals surface area contributed by atoms with Crippen molar-refractivity contribution < 1.29 is 4.79 Å². The Kier molecular flexibility index (Phi) is 2.92. The summed E-state index contributed by atoms with van der Waals surface area (Å²) >= 11 is 0. The Morgan fingerprint density at radius 1 is 1.53 bits per heavy atom. The lowest BCUT2D eigenvalue weighted by atomic mass is 9.85. The van der Waals surface area contributed by atoms with Crippen LogP contribution in [-0.2, 0) is 6.42 Å². The van der Waals surface area contributed by atoms with Gasteiger partial charge in [-0.2, -0.15) is 0 Å². The number of nitrogens with one attached hydrogen (secondary N) is 1. The molecule has 2 nitrogen and oxygen atoms in total. The van der Waals surface area contributed by atoms with Crippen LogP contribution in [0.2, 0.25) is 0 Å². The molecule has 1 aliphatic rings. The lowest BCUT2D eigenvalue weighted by molar-refractivity contribution is 0.101.